The van der Waals surface area contributed by atoms with Crippen LogP contribution in [0.15, 0.2) is 12.1 Å². The van der Waals surface area contributed by atoms with Crippen molar-refractivity contribution < 1.29 is 38.9 Å². The van der Waals surface area contributed by atoms with Gasteiger partial charge in [-0.1, -0.05) is 13.8 Å². The number of aliphatic hydroxyl groups is 1. The van der Waals surface area contributed by atoms with Gasteiger partial charge in [0, 0.05) is 57.3 Å². The molecular weight excluding hydrogens is 508 g/mol. The summed E-state index contributed by atoms with van der Waals surface area (Å²) >= 11 is 0. The number of carboxylic acid groups (broad SMARTS) is 1. The molecular formula is C27H40N4O8. The van der Waals surface area contributed by atoms with Crippen LogP contribution in [0.2, 0.25) is 0 Å². The van der Waals surface area contributed by atoms with Gasteiger partial charge in [0.2, 0.25) is 6.79 Å². The molecule has 0 saturated carbocycles. The molecule has 0 spiro atoms. The lowest BCUT2D eigenvalue weighted by molar-refractivity contribution is -0.188. The number of urea groups is 1. The fourth-order valence-electron chi connectivity index (χ4n) is 5.75. The maximum atomic E-state index is 13.3. The summed E-state index contributed by atoms with van der Waals surface area (Å²) in [4.78, 5) is 49.6. The second-order valence-corrected chi connectivity index (χ2v) is 10.3. The van der Waals surface area contributed by atoms with Crippen LogP contribution in [-0.4, -0.2) is 114 Å². The van der Waals surface area contributed by atoms with Gasteiger partial charge in [-0.2, -0.15) is 0 Å². The number of hydroxylamine groups is 2. The van der Waals surface area contributed by atoms with E-state index in [1.807, 2.05) is 18.7 Å². The van der Waals surface area contributed by atoms with E-state index in [0.717, 1.165) is 12.8 Å². The van der Waals surface area contributed by atoms with Crippen molar-refractivity contribution in [2.45, 2.75) is 51.7 Å². The molecule has 12 heteroatoms. The van der Waals surface area contributed by atoms with Crippen molar-refractivity contribution in [3.63, 3.8) is 0 Å². The van der Waals surface area contributed by atoms with Crippen LogP contribution in [0.4, 0.5) is 4.79 Å². The lowest BCUT2D eigenvalue weighted by Gasteiger charge is -2.30. The Hall–Kier alpha value is -3.09. The zero-order valence-corrected chi connectivity index (χ0v) is 23.0. The van der Waals surface area contributed by atoms with E-state index in [-0.39, 0.29) is 31.9 Å². The summed E-state index contributed by atoms with van der Waals surface area (Å²) in [6, 6.07) is 2.97. The van der Waals surface area contributed by atoms with Gasteiger partial charge in [0.25, 0.3) is 5.91 Å². The first-order chi connectivity index (χ1) is 18.8. The summed E-state index contributed by atoms with van der Waals surface area (Å²) in [6.45, 7) is 6.47. The molecule has 3 aliphatic heterocycles. The van der Waals surface area contributed by atoms with E-state index in [1.54, 1.807) is 29.0 Å². The zero-order chi connectivity index (χ0) is 28.1. The minimum atomic E-state index is -0.972. The van der Waals surface area contributed by atoms with Gasteiger partial charge in [-0.05, 0) is 37.0 Å². The van der Waals surface area contributed by atoms with Crippen LogP contribution in [0.5, 0.6) is 11.5 Å². The van der Waals surface area contributed by atoms with Crippen molar-refractivity contribution in [3.05, 3.63) is 23.3 Å². The van der Waals surface area contributed by atoms with Gasteiger partial charge in [0.1, 0.15) is 0 Å². The predicted octanol–water partition coefficient (Wildman–Crippen LogP) is 1.71. The molecule has 1 aromatic rings. The van der Waals surface area contributed by atoms with E-state index in [0.29, 0.717) is 68.4 Å². The highest BCUT2D eigenvalue weighted by molar-refractivity contribution is 5.78. The molecule has 2 fully saturated rings. The predicted molar refractivity (Wildman–Crippen MR) is 140 cm³/mol. The van der Waals surface area contributed by atoms with Crippen LogP contribution in [-0.2, 0) is 21.0 Å². The lowest BCUT2D eigenvalue weighted by Crippen LogP contribution is -2.45. The fourth-order valence-corrected chi connectivity index (χ4v) is 5.75. The highest BCUT2D eigenvalue weighted by atomic mass is 16.7. The van der Waals surface area contributed by atoms with Gasteiger partial charge in [-0.3, -0.25) is 19.3 Å². The van der Waals surface area contributed by atoms with Crippen molar-refractivity contribution in [1.29, 1.82) is 0 Å². The van der Waals surface area contributed by atoms with Crippen LogP contribution in [0.1, 0.15) is 50.2 Å². The minimum absolute atomic E-state index is 0.0000802. The number of carboxylic acids is 1. The molecule has 0 bridgehead atoms. The molecule has 4 rings (SSSR count). The SMILES string of the molecule is CCCON(CCC)C(=O)CN1C[C@H](c2cc(CO)c3c(c2)OCO3)[C@@H](C(=O)O)[C@@H]1CCN1CCN(C)C1=O. The third-order valence-corrected chi connectivity index (χ3v) is 7.70. The topological polar surface area (TPSA) is 132 Å². The normalized spacial score (nSPS) is 22.7. The number of aliphatic hydroxyl groups excluding tert-OH is 1. The number of carbonyl (C=O) groups is 3. The second kappa shape index (κ2) is 12.8. The summed E-state index contributed by atoms with van der Waals surface area (Å²) in [5.74, 6) is -1.56. The first-order valence-electron chi connectivity index (χ1n) is 13.7. The van der Waals surface area contributed by atoms with Gasteiger partial charge in [-0.25, -0.2) is 9.86 Å². The van der Waals surface area contributed by atoms with E-state index in [4.69, 9.17) is 14.3 Å². The van der Waals surface area contributed by atoms with Gasteiger partial charge >= 0.3 is 12.0 Å². The number of carbonyl (C=O) groups excluding carboxylic acids is 2. The number of fused-ring (bicyclic) bond motifs is 1. The molecule has 216 valence electrons. The Labute approximate surface area is 228 Å². The average molecular weight is 549 g/mol. The van der Waals surface area contributed by atoms with Crippen molar-refractivity contribution in [2.24, 2.45) is 5.92 Å². The number of amides is 3. The van der Waals surface area contributed by atoms with Gasteiger partial charge < -0.3 is 29.5 Å². The van der Waals surface area contributed by atoms with Crippen LogP contribution >= 0.6 is 0 Å². The van der Waals surface area contributed by atoms with Crippen LogP contribution in [0.25, 0.3) is 0 Å². The molecule has 2 saturated heterocycles. The average Bonchev–Trinajstić information content (AvgIpc) is 3.62. The largest absolute Gasteiger partial charge is 0.481 e. The smallest absolute Gasteiger partial charge is 0.319 e. The molecule has 3 atom stereocenters. The molecule has 3 heterocycles. The van der Waals surface area contributed by atoms with Gasteiger partial charge in [0.05, 0.1) is 25.7 Å². The maximum Gasteiger partial charge on any atom is 0.319 e. The number of rotatable bonds is 13. The number of hydrogen-bond acceptors (Lipinski definition) is 8. The summed E-state index contributed by atoms with van der Waals surface area (Å²) in [5.41, 5.74) is 1.24. The molecule has 2 N–H and O–H groups in total. The van der Waals surface area contributed by atoms with Crippen molar-refractivity contribution in [1.82, 2.24) is 19.8 Å². The van der Waals surface area contributed by atoms with E-state index < -0.39 is 23.8 Å². The third kappa shape index (κ3) is 6.23. The number of benzene rings is 1. The van der Waals surface area contributed by atoms with E-state index in [1.165, 1.54) is 5.06 Å². The van der Waals surface area contributed by atoms with Crippen LogP contribution in [0, 0.1) is 5.92 Å². The molecule has 0 aliphatic carbocycles. The van der Waals surface area contributed by atoms with Crippen molar-refractivity contribution in [3.8, 4) is 11.5 Å². The van der Waals surface area contributed by atoms with E-state index >= 15 is 0 Å². The molecule has 0 aromatic heterocycles. The fraction of sp³-hybridized carbons (Fsp3) is 0.667. The molecule has 1 aromatic carbocycles. The molecule has 0 unspecified atom stereocenters. The first kappa shape index (κ1) is 28.9. The second-order valence-electron chi connectivity index (χ2n) is 10.3. The summed E-state index contributed by atoms with van der Waals surface area (Å²) in [6.07, 6.45) is 1.89. The molecule has 12 nitrogen and oxygen atoms in total. The number of ether oxygens (including phenoxy) is 2. The van der Waals surface area contributed by atoms with Gasteiger partial charge in [-0.15, -0.1) is 0 Å². The quantitative estimate of drug-likeness (QED) is 0.354. The standard InChI is InChI=1S/C27H40N4O8/c1-4-7-31(39-11-5-2)23(33)15-30-14-20(18-12-19(16-32)25-22(13-18)37-17-38-25)24(26(34)35)21(30)6-8-29-10-9-28(3)27(29)36/h12-13,20-21,24,32H,4-11,14-17H2,1-3H3,(H,34,35)/t20-,21+,24-/m1/s1. The summed E-state index contributed by atoms with van der Waals surface area (Å²) < 4.78 is 11.1. The Balaban J connectivity index is 1.62. The minimum Gasteiger partial charge on any atom is -0.481 e. The van der Waals surface area contributed by atoms with Crippen LogP contribution in [0.3, 0.4) is 0 Å². The third-order valence-electron chi connectivity index (χ3n) is 7.70. The van der Waals surface area contributed by atoms with Crippen molar-refractivity contribution in [2.75, 3.05) is 59.7 Å². The summed E-state index contributed by atoms with van der Waals surface area (Å²) in [7, 11) is 1.75. The zero-order valence-electron chi connectivity index (χ0n) is 23.0. The molecule has 39 heavy (non-hydrogen) atoms. The monoisotopic (exact) mass is 548 g/mol. The molecule has 3 aliphatic rings. The summed E-state index contributed by atoms with van der Waals surface area (Å²) in [5, 5.41) is 21.8. The first-order valence-corrected chi connectivity index (χ1v) is 13.7. The number of hydrogen-bond donors (Lipinski definition) is 2. The Morgan fingerprint density at radius 3 is 2.62 bits per heavy atom. The van der Waals surface area contributed by atoms with Crippen LogP contribution < -0.4 is 9.47 Å². The highest BCUT2D eigenvalue weighted by Gasteiger charge is 2.48. The Kier molecular flexibility index (Phi) is 9.52. The van der Waals surface area contributed by atoms with E-state index in [2.05, 4.69) is 0 Å². The highest BCUT2D eigenvalue weighted by Crippen LogP contribution is 2.44. The van der Waals surface area contributed by atoms with Gasteiger partial charge in [0.15, 0.2) is 11.5 Å². The lowest BCUT2D eigenvalue weighted by atomic mass is 9.83. The van der Waals surface area contributed by atoms with E-state index in [9.17, 15) is 24.6 Å². The number of likely N-dealkylation sites (N-methyl/N-ethyl adjacent to an activating group) is 1. The Morgan fingerprint density at radius 2 is 1.97 bits per heavy atom. The number of aliphatic carboxylic acids is 1. The number of nitrogens with zero attached hydrogens (tertiary/aromatic N) is 4. The molecule has 3 amide bonds. The Bertz CT molecular complexity index is 1050. The van der Waals surface area contributed by atoms with Crippen molar-refractivity contribution >= 4 is 17.9 Å². The Morgan fingerprint density at radius 1 is 1.18 bits per heavy atom. The maximum absolute atomic E-state index is 13.3. The molecule has 0 radical (unpaired) electrons. The number of likely N-dealkylation sites (tertiary alicyclic amines) is 1.